The fraction of sp³-hybridized carbons (Fsp3) is 0.650. The molecule has 5 atom stereocenters. The van der Waals surface area contributed by atoms with Gasteiger partial charge >= 0.3 is 0 Å². The summed E-state index contributed by atoms with van der Waals surface area (Å²) < 4.78 is 0. The van der Waals surface area contributed by atoms with Crippen LogP contribution in [-0.2, 0) is 0 Å². The molecule has 4 aliphatic carbocycles. The van der Waals surface area contributed by atoms with Crippen LogP contribution in [0.15, 0.2) is 24.3 Å². The van der Waals surface area contributed by atoms with Crippen LogP contribution >= 0.6 is 0 Å². The maximum atomic E-state index is 13.3. The second kappa shape index (κ2) is 4.12. The summed E-state index contributed by atoms with van der Waals surface area (Å²) in [4.78, 5) is 15.6. The second-order valence-corrected chi connectivity index (χ2v) is 8.57. The van der Waals surface area contributed by atoms with Crippen LogP contribution in [0.2, 0.25) is 0 Å². The molecule has 4 saturated carbocycles. The summed E-state index contributed by atoms with van der Waals surface area (Å²) in [5, 5.41) is 3.92. The quantitative estimate of drug-likeness (QED) is 0.854. The van der Waals surface area contributed by atoms with Crippen LogP contribution < -0.4 is 5.32 Å². The Morgan fingerprint density at radius 2 is 1.91 bits per heavy atom. The zero-order valence-corrected chi connectivity index (χ0v) is 13.5. The minimum absolute atomic E-state index is 0.0667. The molecule has 0 aromatic heterocycles. The third-order valence-electron chi connectivity index (χ3n) is 7.56. The second-order valence-electron chi connectivity index (χ2n) is 8.57. The first-order chi connectivity index (χ1) is 11.3. The summed E-state index contributed by atoms with van der Waals surface area (Å²) in [6.07, 6.45) is 9.17. The maximum Gasteiger partial charge on any atom is 0.258 e. The third-order valence-corrected chi connectivity index (χ3v) is 7.56. The molecule has 120 valence electrons. The number of nitrogens with zero attached hydrogens (tertiary/aromatic N) is 1. The van der Waals surface area contributed by atoms with Crippen molar-refractivity contribution in [2.75, 3.05) is 5.32 Å². The van der Waals surface area contributed by atoms with Crippen molar-refractivity contribution in [3.05, 3.63) is 29.8 Å². The van der Waals surface area contributed by atoms with Crippen molar-refractivity contribution in [3.8, 4) is 0 Å². The highest BCUT2D eigenvalue weighted by Crippen LogP contribution is 2.65. The Bertz CT molecular complexity index is 697. The number of para-hydroxylation sites is 1. The molecule has 4 fully saturated rings. The van der Waals surface area contributed by atoms with E-state index >= 15 is 0 Å². The van der Waals surface area contributed by atoms with Gasteiger partial charge in [-0.05, 0) is 68.4 Å². The van der Waals surface area contributed by atoms with Gasteiger partial charge in [-0.15, -0.1) is 0 Å². The first-order valence-electron chi connectivity index (χ1n) is 9.49. The molecule has 0 unspecified atom stereocenters. The van der Waals surface area contributed by atoms with E-state index in [1.165, 1.54) is 44.9 Å². The summed E-state index contributed by atoms with van der Waals surface area (Å²) in [5.41, 5.74) is 1.90. The largest absolute Gasteiger partial charge is 0.362 e. The fourth-order valence-electron chi connectivity index (χ4n) is 6.74. The van der Waals surface area contributed by atoms with Crippen LogP contribution in [0.25, 0.3) is 0 Å². The molecule has 3 heteroatoms. The Kier molecular flexibility index (Phi) is 2.30. The highest BCUT2D eigenvalue weighted by atomic mass is 16.2. The van der Waals surface area contributed by atoms with Crippen LogP contribution in [0, 0.1) is 23.7 Å². The highest BCUT2D eigenvalue weighted by Gasteiger charge is 2.66. The van der Waals surface area contributed by atoms with Crippen LogP contribution in [0.4, 0.5) is 5.69 Å². The molecule has 2 bridgehead atoms. The molecule has 23 heavy (non-hydrogen) atoms. The molecule has 1 aromatic carbocycles. The number of amides is 1. The standard InChI is InChI=1S/C20H24N2O/c23-19-16-4-1-2-7-18(16)21-20(22(19)13-8-9-13)11-12-10-17(20)15-6-3-5-14(12)15/h1-2,4,7,12-15,17,21H,3,5-6,8-11H2/t12-,14-,15+,17-,20-/m1/s1. The van der Waals surface area contributed by atoms with Crippen LogP contribution in [0.3, 0.4) is 0 Å². The molecule has 0 radical (unpaired) electrons. The molecule has 1 heterocycles. The van der Waals surface area contributed by atoms with E-state index in [1.807, 2.05) is 12.1 Å². The average molecular weight is 308 g/mol. The van der Waals surface area contributed by atoms with Gasteiger partial charge in [0.2, 0.25) is 0 Å². The van der Waals surface area contributed by atoms with Gasteiger partial charge in [0.05, 0.1) is 5.56 Å². The van der Waals surface area contributed by atoms with Gasteiger partial charge in [-0.1, -0.05) is 18.6 Å². The maximum absolute atomic E-state index is 13.3. The van der Waals surface area contributed by atoms with Crippen molar-refractivity contribution in [3.63, 3.8) is 0 Å². The Hall–Kier alpha value is -1.51. The van der Waals surface area contributed by atoms with Crippen LogP contribution in [0.1, 0.15) is 55.3 Å². The molecule has 1 N–H and O–H groups in total. The Labute approximate surface area is 137 Å². The molecule has 5 aliphatic rings. The van der Waals surface area contributed by atoms with E-state index < -0.39 is 0 Å². The van der Waals surface area contributed by atoms with Gasteiger partial charge in [0.1, 0.15) is 5.66 Å². The van der Waals surface area contributed by atoms with Crippen molar-refractivity contribution in [2.45, 2.75) is 56.7 Å². The lowest BCUT2D eigenvalue weighted by Crippen LogP contribution is -2.65. The molecule has 1 aliphatic heterocycles. The van der Waals surface area contributed by atoms with Crippen molar-refractivity contribution in [2.24, 2.45) is 23.7 Å². The Morgan fingerprint density at radius 3 is 2.78 bits per heavy atom. The van der Waals surface area contributed by atoms with E-state index in [1.54, 1.807) is 0 Å². The van der Waals surface area contributed by atoms with Gasteiger partial charge in [0.15, 0.2) is 0 Å². The minimum Gasteiger partial charge on any atom is -0.362 e. The molecule has 1 amide bonds. The number of nitrogens with one attached hydrogen (secondary N) is 1. The first kappa shape index (κ1) is 12.9. The lowest BCUT2D eigenvalue weighted by atomic mass is 9.73. The van der Waals surface area contributed by atoms with Crippen molar-refractivity contribution >= 4 is 11.6 Å². The summed E-state index contributed by atoms with van der Waals surface area (Å²) in [7, 11) is 0. The molecule has 3 nitrogen and oxygen atoms in total. The number of carbonyl (C=O) groups excluding carboxylic acids is 1. The number of hydrogen-bond acceptors (Lipinski definition) is 2. The van der Waals surface area contributed by atoms with Gasteiger partial charge < -0.3 is 10.2 Å². The lowest BCUT2D eigenvalue weighted by Gasteiger charge is -2.53. The van der Waals surface area contributed by atoms with Crippen molar-refractivity contribution in [1.82, 2.24) is 4.90 Å². The number of fused-ring (bicyclic) bond motifs is 7. The third kappa shape index (κ3) is 1.49. The van der Waals surface area contributed by atoms with Crippen LogP contribution in [0.5, 0.6) is 0 Å². The van der Waals surface area contributed by atoms with E-state index in [4.69, 9.17) is 0 Å². The minimum atomic E-state index is -0.0667. The summed E-state index contributed by atoms with van der Waals surface area (Å²) in [6, 6.07) is 8.65. The molecule has 6 rings (SSSR count). The Balaban J connectivity index is 1.49. The van der Waals surface area contributed by atoms with Gasteiger partial charge in [0, 0.05) is 17.6 Å². The topological polar surface area (TPSA) is 32.3 Å². The summed E-state index contributed by atoms with van der Waals surface area (Å²) in [5.74, 6) is 3.64. The van der Waals surface area contributed by atoms with E-state index in [0.29, 0.717) is 17.9 Å². The molecule has 0 saturated heterocycles. The fourth-order valence-corrected chi connectivity index (χ4v) is 6.74. The van der Waals surface area contributed by atoms with Gasteiger partial charge in [0.25, 0.3) is 5.91 Å². The smallest absolute Gasteiger partial charge is 0.258 e. The van der Waals surface area contributed by atoms with Crippen LogP contribution in [-0.4, -0.2) is 22.5 Å². The lowest BCUT2D eigenvalue weighted by molar-refractivity contribution is 0.0109. The molecule has 1 aromatic rings. The number of anilines is 1. The van der Waals surface area contributed by atoms with E-state index in [2.05, 4.69) is 22.3 Å². The predicted molar refractivity (Wildman–Crippen MR) is 89.0 cm³/mol. The normalized spacial score (nSPS) is 43.7. The molecule has 1 spiro atoms. The average Bonchev–Trinajstić information content (AvgIpc) is 3.01. The number of carbonyl (C=O) groups is 1. The van der Waals surface area contributed by atoms with E-state index in [-0.39, 0.29) is 5.66 Å². The zero-order valence-electron chi connectivity index (χ0n) is 13.5. The summed E-state index contributed by atoms with van der Waals surface area (Å²) >= 11 is 0. The van der Waals surface area contributed by atoms with Gasteiger partial charge in [-0.2, -0.15) is 0 Å². The Morgan fingerprint density at radius 1 is 1.09 bits per heavy atom. The van der Waals surface area contributed by atoms with E-state index in [0.717, 1.165) is 29.0 Å². The number of rotatable bonds is 1. The van der Waals surface area contributed by atoms with Gasteiger partial charge in [-0.3, -0.25) is 4.79 Å². The molecular formula is C20H24N2O. The number of benzene rings is 1. The summed E-state index contributed by atoms with van der Waals surface area (Å²) in [6.45, 7) is 0. The highest BCUT2D eigenvalue weighted by molar-refractivity contribution is 6.02. The SMILES string of the molecule is O=C1c2ccccc2N[C@]2(C[C@H]3C[C@@H]2[C@H]2CCC[C@H]32)N1C1CC1. The van der Waals surface area contributed by atoms with Crippen molar-refractivity contribution < 1.29 is 4.79 Å². The predicted octanol–water partition coefficient (Wildman–Crippen LogP) is 3.87. The zero-order chi connectivity index (χ0) is 15.2. The van der Waals surface area contributed by atoms with Crippen molar-refractivity contribution in [1.29, 1.82) is 0 Å². The monoisotopic (exact) mass is 308 g/mol. The molecular weight excluding hydrogens is 284 g/mol. The first-order valence-corrected chi connectivity index (χ1v) is 9.49. The van der Waals surface area contributed by atoms with E-state index in [9.17, 15) is 4.79 Å². The number of hydrogen-bond donors (Lipinski definition) is 1. The van der Waals surface area contributed by atoms with Gasteiger partial charge in [-0.25, -0.2) is 0 Å².